The molecule has 0 saturated carbocycles. The predicted molar refractivity (Wildman–Crippen MR) is 159 cm³/mol. The number of rotatable bonds is 2. The number of nitrogens with zero attached hydrogens (tertiary/aromatic N) is 1. The molecule has 0 bridgehead atoms. The third-order valence-electron chi connectivity index (χ3n) is 7.84. The molecular weight excluding hydrogens is 696 g/mol. The molecule has 208 valence electrons. The molecule has 6 heteroatoms. The molecule has 0 aliphatic carbocycles. The first-order valence-electron chi connectivity index (χ1n) is 13.1. The molecule has 1 unspecified atom stereocenters. The Labute approximate surface area is 251 Å². The Morgan fingerprint density at radius 3 is 1.90 bits per heavy atom. The molecule has 6 rings (SSSR count). The van der Waals surface area contributed by atoms with E-state index in [-0.39, 0.29) is 43.4 Å². The van der Waals surface area contributed by atoms with Gasteiger partial charge in [-0.25, -0.2) is 0 Å². The van der Waals surface area contributed by atoms with Gasteiger partial charge in [-0.05, 0) is 47.6 Å². The van der Waals surface area contributed by atoms with E-state index in [1.807, 2.05) is 36.5 Å². The van der Waals surface area contributed by atoms with Crippen LogP contribution in [0.2, 0.25) is 0 Å². The molecule has 2 aliphatic heterocycles. The summed E-state index contributed by atoms with van der Waals surface area (Å²) in [6, 6.07) is 28.5. The van der Waals surface area contributed by atoms with Gasteiger partial charge in [0.1, 0.15) is 7.14 Å². The number of aromatic nitrogens is 1. The van der Waals surface area contributed by atoms with E-state index in [0.29, 0.717) is 0 Å². The van der Waals surface area contributed by atoms with E-state index in [0.717, 1.165) is 49.4 Å². The minimum absolute atomic E-state index is 0. The number of carbonyl (C=O) groups excluding carboxylic acids is 1. The maximum Gasteiger partial charge on any atom is 0.155 e. The van der Waals surface area contributed by atoms with E-state index in [9.17, 15) is 4.79 Å². The molecule has 3 aromatic carbocycles. The summed E-state index contributed by atoms with van der Waals surface area (Å²) in [5, 5.41) is 11.3. The van der Waals surface area contributed by atoms with Crippen LogP contribution in [-0.2, 0) is 41.3 Å². The molecule has 0 spiro atoms. The van der Waals surface area contributed by atoms with E-state index >= 15 is 4.57 Å². The minimum atomic E-state index is -3.04. The molecule has 40 heavy (non-hydrogen) atoms. The van der Waals surface area contributed by atoms with Gasteiger partial charge in [-0.2, -0.15) is 0 Å². The van der Waals surface area contributed by atoms with E-state index in [2.05, 4.69) is 81.2 Å². The number of hydrogen-bond donors (Lipinski definition) is 1. The van der Waals surface area contributed by atoms with Gasteiger partial charge in [-0.15, -0.1) is 28.8 Å². The van der Waals surface area contributed by atoms with Gasteiger partial charge in [0.15, 0.2) is 5.78 Å². The number of hydrogen-bond acceptors (Lipinski definition) is 4. The molecule has 0 saturated heterocycles. The van der Waals surface area contributed by atoms with Gasteiger partial charge in [0.05, 0.1) is 5.76 Å². The summed E-state index contributed by atoms with van der Waals surface area (Å²) in [6.07, 6.45) is 2.99. The summed E-state index contributed by atoms with van der Waals surface area (Å²) in [7, 11) is -3.04. The monoisotopic (exact) mass is 729 g/mol. The maximum atomic E-state index is 15.3. The summed E-state index contributed by atoms with van der Waals surface area (Å²) in [5.41, 5.74) is 5.71. The number of allylic oxidation sites excluding steroid dienone is 2. The SMILES string of the molecule is CC(=O)/C=C(/C)O.CC1(C)c2[c-]c(-c3ccccn3)cc3c2P(=O)(c2ccccc21)c1ccccc1C3(C)C.[Pt]. The Balaban J connectivity index is 0.000000413. The van der Waals surface area contributed by atoms with Crippen LogP contribution in [0.1, 0.15) is 63.8 Å². The third kappa shape index (κ3) is 4.66. The molecule has 3 heterocycles. The molecular formula is C34H33NO3PPt-. The van der Waals surface area contributed by atoms with Crippen molar-refractivity contribution in [2.75, 3.05) is 0 Å². The largest absolute Gasteiger partial charge is 0.512 e. The van der Waals surface area contributed by atoms with Crippen molar-refractivity contribution < 1.29 is 35.5 Å². The maximum absolute atomic E-state index is 15.3. The first kappa shape index (κ1) is 29.9. The van der Waals surface area contributed by atoms with Gasteiger partial charge in [-0.1, -0.05) is 93.7 Å². The van der Waals surface area contributed by atoms with E-state index < -0.39 is 7.14 Å². The number of aliphatic hydroxyl groups excluding tert-OH is 1. The molecule has 4 nitrogen and oxygen atoms in total. The van der Waals surface area contributed by atoms with Crippen molar-refractivity contribution in [2.45, 2.75) is 52.4 Å². The van der Waals surface area contributed by atoms with Crippen LogP contribution >= 0.6 is 7.14 Å². The van der Waals surface area contributed by atoms with Gasteiger partial charge in [0, 0.05) is 43.9 Å². The average Bonchev–Trinajstić information content (AvgIpc) is 2.91. The zero-order valence-electron chi connectivity index (χ0n) is 23.6. The molecule has 0 fully saturated rings. The first-order valence-corrected chi connectivity index (χ1v) is 14.8. The molecule has 4 aromatic rings. The fourth-order valence-electron chi connectivity index (χ4n) is 5.99. The van der Waals surface area contributed by atoms with Crippen LogP contribution < -0.4 is 15.9 Å². The van der Waals surface area contributed by atoms with Gasteiger partial charge in [0.25, 0.3) is 0 Å². The number of fused-ring (bicyclic) bond motifs is 4. The summed E-state index contributed by atoms with van der Waals surface area (Å²) in [4.78, 5) is 14.6. The van der Waals surface area contributed by atoms with Gasteiger partial charge in [-0.3, -0.25) is 4.79 Å². The van der Waals surface area contributed by atoms with Gasteiger partial charge < -0.3 is 14.7 Å². The normalized spacial score (nSPS) is 19.0. The first-order chi connectivity index (χ1) is 18.4. The molecule has 2 aliphatic rings. The summed E-state index contributed by atoms with van der Waals surface area (Å²) in [5.74, 6) is -0.0625. The average molecular weight is 730 g/mol. The topological polar surface area (TPSA) is 67.3 Å². The van der Waals surface area contributed by atoms with Crippen molar-refractivity contribution in [3.05, 3.63) is 119 Å². The number of ketones is 1. The standard InChI is InChI=1S/C29H25NOP.C5H8O2.Pt/c1-28(2)20-11-5-7-14-25(20)32(31)26-15-8-6-12-21(26)29(3,4)23-18-19(17-22(28)27(23)32)24-13-9-10-16-30-24;1-4(6)3-5(2)7;/h5-17H,1-4H3;3,6H,1-2H3;/q-1;;/b;4-3-;. The van der Waals surface area contributed by atoms with Crippen molar-refractivity contribution in [1.29, 1.82) is 0 Å². The Hall–Kier alpha value is -3.06. The molecule has 0 amide bonds. The van der Waals surface area contributed by atoms with Crippen LogP contribution in [0.25, 0.3) is 11.3 Å². The Kier molecular flexibility index (Phi) is 8.02. The second kappa shape index (κ2) is 10.7. The van der Waals surface area contributed by atoms with E-state index in [4.69, 9.17) is 5.11 Å². The van der Waals surface area contributed by atoms with Crippen LogP contribution in [0.15, 0.2) is 90.8 Å². The number of aliphatic hydroxyl groups is 1. The Morgan fingerprint density at radius 2 is 1.40 bits per heavy atom. The second-order valence-corrected chi connectivity index (χ2v) is 14.0. The van der Waals surface area contributed by atoms with Gasteiger partial charge >= 0.3 is 0 Å². The van der Waals surface area contributed by atoms with Crippen molar-refractivity contribution in [3.8, 4) is 11.3 Å². The Bertz CT molecular complexity index is 1600. The molecule has 1 N–H and O–H groups in total. The summed E-state index contributed by atoms with van der Waals surface area (Å²) >= 11 is 0. The third-order valence-corrected chi connectivity index (χ3v) is 11.1. The summed E-state index contributed by atoms with van der Waals surface area (Å²) < 4.78 is 15.3. The zero-order valence-corrected chi connectivity index (χ0v) is 26.7. The van der Waals surface area contributed by atoms with Crippen molar-refractivity contribution in [3.63, 3.8) is 0 Å². The smallest absolute Gasteiger partial charge is 0.155 e. The number of pyridine rings is 1. The molecule has 0 radical (unpaired) electrons. The van der Waals surface area contributed by atoms with E-state index in [1.165, 1.54) is 19.9 Å². The molecule has 1 aromatic heterocycles. The fraction of sp³-hybridized carbons (Fsp3) is 0.235. The number of benzene rings is 3. The fourth-order valence-corrected chi connectivity index (χ4v) is 10.0. The van der Waals surface area contributed by atoms with Crippen LogP contribution in [0, 0.1) is 6.07 Å². The second-order valence-electron chi connectivity index (χ2n) is 11.3. The van der Waals surface area contributed by atoms with Crippen molar-refractivity contribution >= 4 is 28.8 Å². The van der Waals surface area contributed by atoms with Crippen molar-refractivity contribution in [1.82, 2.24) is 4.98 Å². The summed E-state index contributed by atoms with van der Waals surface area (Å²) in [6.45, 7) is 11.8. The quantitative estimate of drug-likeness (QED) is 0.111. The minimum Gasteiger partial charge on any atom is -0.512 e. The van der Waals surface area contributed by atoms with Crippen LogP contribution in [0.4, 0.5) is 0 Å². The van der Waals surface area contributed by atoms with Crippen LogP contribution in [0.5, 0.6) is 0 Å². The predicted octanol–water partition coefficient (Wildman–Crippen LogP) is 6.50. The van der Waals surface area contributed by atoms with Crippen LogP contribution in [-0.4, -0.2) is 15.9 Å². The van der Waals surface area contributed by atoms with E-state index in [1.54, 1.807) is 0 Å². The zero-order chi connectivity index (χ0) is 28.2. The number of carbonyl (C=O) groups is 1. The van der Waals surface area contributed by atoms with Crippen molar-refractivity contribution in [2.24, 2.45) is 0 Å². The van der Waals surface area contributed by atoms with Crippen LogP contribution in [0.3, 0.4) is 0 Å². The molecule has 1 atom stereocenters. The van der Waals surface area contributed by atoms with Gasteiger partial charge in [0.2, 0.25) is 0 Å². The Morgan fingerprint density at radius 1 is 0.850 bits per heavy atom.